The van der Waals surface area contributed by atoms with Crippen molar-refractivity contribution in [1.29, 1.82) is 0 Å². The third-order valence-corrected chi connectivity index (χ3v) is 5.28. The molecule has 1 atom stereocenters. The molecule has 0 spiro atoms. The average molecular weight is 325 g/mol. The summed E-state index contributed by atoms with van der Waals surface area (Å²) in [5.41, 5.74) is 0.722. The predicted molar refractivity (Wildman–Crippen MR) is 69.7 cm³/mol. The second-order valence-corrected chi connectivity index (χ2v) is 7.52. The number of halogens is 2. The lowest BCUT2D eigenvalue weighted by Gasteiger charge is -2.12. The van der Waals surface area contributed by atoms with Crippen molar-refractivity contribution < 1.29 is 17.6 Å². The van der Waals surface area contributed by atoms with E-state index in [0.29, 0.717) is 5.82 Å². The fourth-order valence-corrected chi connectivity index (χ4v) is 3.49. The third kappa shape index (κ3) is 2.29. The molecule has 0 saturated heterocycles. The van der Waals surface area contributed by atoms with Gasteiger partial charge in [0.1, 0.15) is 11.4 Å². The van der Waals surface area contributed by atoms with E-state index < -0.39 is 31.0 Å². The quantitative estimate of drug-likeness (QED) is 0.842. The van der Waals surface area contributed by atoms with Crippen LogP contribution >= 0.6 is 11.6 Å². The fraction of sp³-hybridized carbons (Fsp3) is 0.600. The Hall–Kier alpha value is -1.19. The Balaban J connectivity index is 2.47. The summed E-state index contributed by atoms with van der Waals surface area (Å²) in [5, 5.41) is 3.24. The first-order valence-electron chi connectivity index (χ1n) is 5.67. The molecule has 2 heterocycles. The van der Waals surface area contributed by atoms with Gasteiger partial charge in [-0.15, -0.1) is 0 Å². The number of nitrogens with zero attached hydrogens (tertiary/aromatic N) is 3. The van der Waals surface area contributed by atoms with Crippen molar-refractivity contribution >= 4 is 21.4 Å². The van der Waals surface area contributed by atoms with E-state index in [4.69, 9.17) is 16.4 Å². The maximum absolute atomic E-state index is 14.1. The van der Waals surface area contributed by atoms with Crippen molar-refractivity contribution in [1.82, 2.24) is 20.2 Å². The average Bonchev–Trinajstić information content (AvgIpc) is 2.79. The van der Waals surface area contributed by atoms with E-state index in [1.54, 1.807) is 6.92 Å². The van der Waals surface area contributed by atoms with Crippen LogP contribution in [0.25, 0.3) is 0 Å². The van der Waals surface area contributed by atoms with Crippen LogP contribution in [-0.2, 0) is 21.7 Å². The summed E-state index contributed by atoms with van der Waals surface area (Å²) >= 11 is 5.95. The minimum atomic E-state index is -4.21. The molecule has 0 aliphatic carbocycles. The second-order valence-electron chi connectivity index (χ2n) is 4.86. The van der Waals surface area contributed by atoms with E-state index in [0.717, 1.165) is 0 Å². The van der Waals surface area contributed by atoms with Gasteiger partial charge in [-0.1, -0.05) is 11.6 Å². The summed E-state index contributed by atoms with van der Waals surface area (Å²) in [6.45, 7) is 4.39. The molecule has 1 N–H and O–H groups in total. The van der Waals surface area contributed by atoms with Gasteiger partial charge in [0.15, 0.2) is 21.4 Å². The highest BCUT2D eigenvalue weighted by Gasteiger charge is 2.44. The standard InChI is InChI=1S/C10H14ClFN4O3S/c1-5-13-8(16(4)14-5)7(11)20(17,18)9-6(12)10(2,3)19-15-9/h7,15H,1-4H3. The van der Waals surface area contributed by atoms with Crippen LogP contribution < -0.4 is 5.48 Å². The summed E-state index contributed by atoms with van der Waals surface area (Å²) in [4.78, 5) is 8.83. The Morgan fingerprint density at radius 3 is 2.50 bits per heavy atom. The topological polar surface area (TPSA) is 86.1 Å². The summed E-state index contributed by atoms with van der Waals surface area (Å²) in [5.74, 6) is -0.549. The van der Waals surface area contributed by atoms with E-state index >= 15 is 0 Å². The fourth-order valence-electron chi connectivity index (χ4n) is 1.69. The monoisotopic (exact) mass is 324 g/mol. The summed E-state index contributed by atoms with van der Waals surface area (Å²) < 4.78 is 38.4. The largest absolute Gasteiger partial charge is 0.262 e. The molecule has 0 radical (unpaired) electrons. The zero-order valence-corrected chi connectivity index (χ0v) is 12.9. The minimum Gasteiger partial charge on any atom is -0.262 e. The second kappa shape index (κ2) is 4.68. The zero-order chi connectivity index (χ0) is 15.3. The summed E-state index contributed by atoms with van der Waals surface area (Å²) in [6, 6.07) is 0. The molecule has 2 rings (SSSR count). The van der Waals surface area contributed by atoms with Crippen molar-refractivity contribution in [3.63, 3.8) is 0 Å². The minimum absolute atomic E-state index is 0.0102. The van der Waals surface area contributed by atoms with Crippen molar-refractivity contribution in [2.75, 3.05) is 0 Å². The number of sulfone groups is 1. The molecule has 1 aromatic heterocycles. The van der Waals surface area contributed by atoms with Gasteiger partial charge in [-0.25, -0.2) is 17.8 Å². The Morgan fingerprint density at radius 2 is 2.10 bits per heavy atom. The molecular weight excluding hydrogens is 311 g/mol. The number of aryl methyl sites for hydroxylation is 2. The predicted octanol–water partition coefficient (Wildman–Crippen LogP) is 1.23. The van der Waals surface area contributed by atoms with Crippen molar-refractivity contribution in [3.8, 4) is 0 Å². The molecule has 1 aliphatic heterocycles. The van der Waals surface area contributed by atoms with E-state index in [9.17, 15) is 12.8 Å². The van der Waals surface area contributed by atoms with Crippen LogP contribution in [0.2, 0.25) is 0 Å². The van der Waals surface area contributed by atoms with Crippen LogP contribution in [0.1, 0.15) is 30.2 Å². The number of hydroxylamine groups is 1. The molecular formula is C10H14ClFN4O3S. The van der Waals surface area contributed by atoms with Crippen LogP contribution in [0.3, 0.4) is 0 Å². The van der Waals surface area contributed by atoms with Gasteiger partial charge in [-0.05, 0) is 20.8 Å². The molecule has 0 aromatic carbocycles. The van der Waals surface area contributed by atoms with Crippen LogP contribution in [0.5, 0.6) is 0 Å². The molecule has 0 saturated carbocycles. The SMILES string of the molecule is Cc1nc(C(Cl)S(=O)(=O)C2=C(F)C(C)(C)ON2)n(C)n1. The van der Waals surface area contributed by atoms with Gasteiger partial charge in [0, 0.05) is 7.05 Å². The highest BCUT2D eigenvalue weighted by Crippen LogP contribution is 2.38. The highest BCUT2D eigenvalue weighted by molar-refractivity contribution is 7.96. The first kappa shape index (κ1) is 15.2. The summed E-state index contributed by atoms with van der Waals surface area (Å²) in [6.07, 6.45) is 0. The molecule has 20 heavy (non-hydrogen) atoms. The molecule has 1 unspecified atom stereocenters. The maximum atomic E-state index is 14.1. The normalized spacial score (nSPS) is 20.1. The number of rotatable bonds is 3. The number of alkyl halides is 1. The van der Waals surface area contributed by atoms with Crippen molar-refractivity contribution in [3.05, 3.63) is 22.5 Å². The lowest BCUT2D eigenvalue weighted by atomic mass is 10.1. The van der Waals surface area contributed by atoms with Crippen molar-refractivity contribution in [2.24, 2.45) is 7.05 Å². The van der Waals surface area contributed by atoms with Crippen LogP contribution in [0, 0.1) is 6.92 Å². The Labute approximate surface area is 120 Å². The lowest BCUT2D eigenvalue weighted by Crippen LogP contribution is -2.24. The number of hydrogen-bond donors (Lipinski definition) is 1. The van der Waals surface area contributed by atoms with Gasteiger partial charge >= 0.3 is 0 Å². The van der Waals surface area contributed by atoms with E-state index in [1.807, 2.05) is 0 Å². The summed E-state index contributed by atoms with van der Waals surface area (Å²) in [7, 11) is -2.70. The molecule has 10 heteroatoms. The smallest absolute Gasteiger partial charge is 0.222 e. The lowest BCUT2D eigenvalue weighted by molar-refractivity contribution is -0.0271. The Kier molecular flexibility index (Phi) is 3.55. The van der Waals surface area contributed by atoms with E-state index in [1.165, 1.54) is 25.6 Å². The molecule has 0 amide bonds. The number of nitrogens with one attached hydrogen (secondary N) is 1. The van der Waals surface area contributed by atoms with E-state index in [-0.39, 0.29) is 5.82 Å². The van der Waals surface area contributed by atoms with Gasteiger partial charge in [-0.3, -0.25) is 15.0 Å². The molecule has 0 bridgehead atoms. The van der Waals surface area contributed by atoms with Gasteiger partial charge in [-0.2, -0.15) is 5.10 Å². The first-order valence-corrected chi connectivity index (χ1v) is 7.65. The van der Waals surface area contributed by atoms with Gasteiger partial charge in [0.2, 0.25) is 9.84 Å². The number of aromatic nitrogens is 3. The van der Waals surface area contributed by atoms with Gasteiger partial charge < -0.3 is 0 Å². The Bertz CT molecular complexity index is 683. The molecule has 112 valence electrons. The highest BCUT2D eigenvalue weighted by atomic mass is 35.5. The molecule has 7 nitrogen and oxygen atoms in total. The van der Waals surface area contributed by atoms with Crippen molar-refractivity contribution in [2.45, 2.75) is 31.1 Å². The van der Waals surface area contributed by atoms with Gasteiger partial charge in [0.25, 0.3) is 0 Å². The third-order valence-electron chi connectivity index (χ3n) is 2.79. The molecule has 1 aliphatic rings. The molecule has 1 aromatic rings. The molecule has 0 fully saturated rings. The Morgan fingerprint density at radius 1 is 1.50 bits per heavy atom. The first-order chi connectivity index (χ1) is 9.07. The van der Waals surface area contributed by atoms with Crippen LogP contribution in [0.15, 0.2) is 10.9 Å². The van der Waals surface area contributed by atoms with Crippen LogP contribution in [-0.4, -0.2) is 28.8 Å². The van der Waals surface area contributed by atoms with Crippen LogP contribution in [0.4, 0.5) is 4.39 Å². The van der Waals surface area contributed by atoms with Gasteiger partial charge in [0.05, 0.1) is 0 Å². The van der Waals surface area contributed by atoms with E-state index in [2.05, 4.69) is 15.6 Å². The number of hydrogen-bond acceptors (Lipinski definition) is 6. The maximum Gasteiger partial charge on any atom is 0.222 e. The zero-order valence-electron chi connectivity index (χ0n) is 11.3.